The van der Waals surface area contributed by atoms with E-state index in [1.54, 1.807) is 12.1 Å². The highest BCUT2D eigenvalue weighted by atomic mass is 79.9. The number of hydrogen-bond donors (Lipinski definition) is 0. The van der Waals surface area contributed by atoms with Crippen molar-refractivity contribution in [3.8, 4) is 0 Å². The molecule has 0 radical (unpaired) electrons. The summed E-state index contributed by atoms with van der Waals surface area (Å²) in [7, 11) is 0. The molecule has 0 aliphatic carbocycles. The quantitative estimate of drug-likeness (QED) is 0.361. The van der Waals surface area contributed by atoms with Crippen molar-refractivity contribution < 1.29 is 9.72 Å². The average molecular weight is 286 g/mol. The first-order chi connectivity index (χ1) is 7.61. The van der Waals surface area contributed by atoms with Gasteiger partial charge in [-0.1, -0.05) is 35.0 Å². The van der Waals surface area contributed by atoms with Crippen molar-refractivity contribution in [3.63, 3.8) is 0 Å². The molecule has 5 heteroatoms. The van der Waals surface area contributed by atoms with E-state index in [2.05, 4.69) is 15.9 Å². The Morgan fingerprint density at radius 1 is 1.50 bits per heavy atom. The Labute approximate surface area is 102 Å². The van der Waals surface area contributed by atoms with Crippen LogP contribution in [0.15, 0.2) is 18.2 Å². The number of nitro groups is 1. The molecule has 0 bridgehead atoms. The maximum atomic E-state index is 11.7. The second-order valence-corrected chi connectivity index (χ2v) is 4.08. The molecule has 0 saturated carbocycles. The van der Waals surface area contributed by atoms with Crippen LogP contribution in [0, 0.1) is 10.1 Å². The summed E-state index contributed by atoms with van der Waals surface area (Å²) in [6, 6.07) is 4.89. The summed E-state index contributed by atoms with van der Waals surface area (Å²) in [4.78, 5) is 22.2. The van der Waals surface area contributed by atoms with Crippen LogP contribution in [0.5, 0.6) is 0 Å². The number of nitro benzene ring substituents is 1. The van der Waals surface area contributed by atoms with Gasteiger partial charge in [-0.2, -0.15) is 0 Å². The molecule has 0 aliphatic rings. The highest BCUT2D eigenvalue weighted by Gasteiger charge is 2.22. The number of rotatable bonds is 5. The third-order valence-corrected chi connectivity index (χ3v) is 2.70. The Kier molecular flexibility index (Phi) is 4.61. The van der Waals surface area contributed by atoms with Gasteiger partial charge in [0.15, 0.2) is 5.78 Å². The normalized spacial score (nSPS) is 10.1. The summed E-state index contributed by atoms with van der Waals surface area (Å²) in [5, 5.41) is 11.5. The summed E-state index contributed by atoms with van der Waals surface area (Å²) in [5.74, 6) is -0.195. The second kappa shape index (κ2) is 5.75. The number of para-hydroxylation sites is 1. The Morgan fingerprint density at radius 2 is 2.19 bits per heavy atom. The van der Waals surface area contributed by atoms with E-state index >= 15 is 0 Å². The second-order valence-electron chi connectivity index (χ2n) is 3.29. The first-order valence-corrected chi connectivity index (χ1v) is 6.09. The van der Waals surface area contributed by atoms with E-state index in [-0.39, 0.29) is 23.5 Å². The molecule has 0 heterocycles. The molecule has 0 fully saturated rings. The number of hydrogen-bond acceptors (Lipinski definition) is 3. The maximum Gasteiger partial charge on any atom is 0.283 e. The summed E-state index contributed by atoms with van der Waals surface area (Å²) in [5.41, 5.74) is 0.769. The van der Waals surface area contributed by atoms with Crippen LogP contribution in [-0.4, -0.2) is 16.0 Å². The van der Waals surface area contributed by atoms with Crippen LogP contribution in [0.4, 0.5) is 5.69 Å². The molecule has 0 aromatic heterocycles. The van der Waals surface area contributed by atoms with Gasteiger partial charge in [0.2, 0.25) is 0 Å². The van der Waals surface area contributed by atoms with Crippen LogP contribution < -0.4 is 0 Å². The van der Waals surface area contributed by atoms with Crippen LogP contribution in [0.25, 0.3) is 0 Å². The van der Waals surface area contributed by atoms with Crippen LogP contribution >= 0.6 is 15.9 Å². The predicted octanol–water partition coefficient (Wildman–Crippen LogP) is 3.12. The van der Waals surface area contributed by atoms with Gasteiger partial charge in [-0.25, -0.2) is 0 Å². The number of ketones is 1. The van der Waals surface area contributed by atoms with Gasteiger partial charge in [-0.05, 0) is 12.5 Å². The van der Waals surface area contributed by atoms with Crippen LogP contribution in [0.1, 0.15) is 29.3 Å². The fraction of sp³-hybridized carbons (Fsp3) is 0.364. The van der Waals surface area contributed by atoms with Gasteiger partial charge in [-0.15, -0.1) is 0 Å². The maximum absolute atomic E-state index is 11.7. The molecule has 0 aliphatic heterocycles. The molecule has 0 saturated heterocycles. The van der Waals surface area contributed by atoms with Crippen molar-refractivity contribution >= 4 is 27.4 Å². The minimum Gasteiger partial charge on any atom is -0.294 e. The van der Waals surface area contributed by atoms with Gasteiger partial charge >= 0.3 is 0 Å². The zero-order chi connectivity index (χ0) is 12.1. The van der Waals surface area contributed by atoms with Gasteiger partial charge in [0.1, 0.15) is 0 Å². The van der Waals surface area contributed by atoms with Crippen molar-refractivity contribution in [2.45, 2.75) is 19.8 Å². The number of carbonyl (C=O) groups is 1. The first kappa shape index (κ1) is 12.8. The van der Waals surface area contributed by atoms with Gasteiger partial charge in [0.25, 0.3) is 5.69 Å². The average Bonchev–Trinajstić information content (AvgIpc) is 2.28. The largest absolute Gasteiger partial charge is 0.294 e. The minimum atomic E-state index is -0.472. The standard InChI is InChI=1S/C11H12BrNO3/c1-2-8-4-3-5-9(10(14)6-7-12)11(8)13(15)16/h3-5H,2,6-7H2,1H3. The Balaban J connectivity index is 3.27. The summed E-state index contributed by atoms with van der Waals surface area (Å²) in [6.45, 7) is 1.83. The fourth-order valence-electron chi connectivity index (χ4n) is 1.54. The zero-order valence-corrected chi connectivity index (χ0v) is 10.5. The van der Waals surface area contributed by atoms with Gasteiger partial charge in [0, 0.05) is 17.3 Å². The number of Topliss-reactive ketones (excluding diaryl/α,β-unsaturated/α-hetero) is 1. The molecule has 0 atom stereocenters. The lowest BCUT2D eigenvalue weighted by Gasteiger charge is -2.04. The first-order valence-electron chi connectivity index (χ1n) is 4.97. The van der Waals surface area contributed by atoms with Crippen LogP contribution in [0.2, 0.25) is 0 Å². The van der Waals surface area contributed by atoms with Gasteiger partial charge in [0.05, 0.1) is 10.5 Å². The van der Waals surface area contributed by atoms with Gasteiger partial charge in [-0.3, -0.25) is 14.9 Å². The summed E-state index contributed by atoms with van der Waals surface area (Å²) >= 11 is 3.15. The van der Waals surface area contributed by atoms with Crippen molar-refractivity contribution in [1.82, 2.24) is 0 Å². The molecule has 4 nitrogen and oxygen atoms in total. The smallest absolute Gasteiger partial charge is 0.283 e. The molecule has 0 N–H and O–H groups in total. The van der Waals surface area contributed by atoms with E-state index in [0.717, 1.165) is 0 Å². The van der Waals surface area contributed by atoms with Gasteiger partial charge < -0.3 is 0 Å². The molecule has 1 rings (SSSR count). The molecule has 0 amide bonds. The monoisotopic (exact) mass is 285 g/mol. The Bertz CT molecular complexity index is 418. The highest BCUT2D eigenvalue weighted by molar-refractivity contribution is 9.09. The molecule has 1 aromatic rings. The third-order valence-electron chi connectivity index (χ3n) is 2.31. The number of nitrogens with zero attached hydrogens (tertiary/aromatic N) is 1. The molecule has 86 valence electrons. The predicted molar refractivity (Wildman–Crippen MR) is 65.2 cm³/mol. The molecule has 1 aromatic carbocycles. The molecule has 16 heavy (non-hydrogen) atoms. The summed E-state index contributed by atoms with van der Waals surface area (Å²) in [6.07, 6.45) is 0.819. The number of alkyl halides is 1. The van der Waals surface area contributed by atoms with E-state index in [0.29, 0.717) is 17.3 Å². The van der Waals surface area contributed by atoms with E-state index in [9.17, 15) is 14.9 Å². The minimum absolute atomic E-state index is 0.0454. The molecule has 0 spiro atoms. The Hall–Kier alpha value is -1.23. The van der Waals surface area contributed by atoms with E-state index in [1.165, 1.54) is 6.07 Å². The van der Waals surface area contributed by atoms with Crippen LogP contribution in [0.3, 0.4) is 0 Å². The van der Waals surface area contributed by atoms with E-state index in [4.69, 9.17) is 0 Å². The lowest BCUT2D eigenvalue weighted by molar-refractivity contribution is -0.385. The van der Waals surface area contributed by atoms with E-state index < -0.39 is 4.92 Å². The number of halogens is 1. The lowest BCUT2D eigenvalue weighted by atomic mass is 10.0. The molecular weight excluding hydrogens is 274 g/mol. The third kappa shape index (κ3) is 2.66. The zero-order valence-electron chi connectivity index (χ0n) is 8.90. The number of aryl methyl sites for hydroxylation is 1. The van der Waals surface area contributed by atoms with Crippen molar-refractivity contribution in [1.29, 1.82) is 0 Å². The topological polar surface area (TPSA) is 60.2 Å². The lowest BCUT2D eigenvalue weighted by Crippen LogP contribution is -2.06. The number of benzene rings is 1. The SMILES string of the molecule is CCc1cccc(C(=O)CCBr)c1[N+](=O)[O-]. The van der Waals surface area contributed by atoms with Crippen LogP contribution in [-0.2, 0) is 6.42 Å². The molecular formula is C11H12BrNO3. The van der Waals surface area contributed by atoms with Crippen molar-refractivity contribution in [2.75, 3.05) is 5.33 Å². The fourth-order valence-corrected chi connectivity index (χ4v) is 1.90. The Morgan fingerprint density at radius 3 is 2.69 bits per heavy atom. The van der Waals surface area contributed by atoms with E-state index in [1.807, 2.05) is 6.92 Å². The summed E-state index contributed by atoms with van der Waals surface area (Å²) < 4.78 is 0. The van der Waals surface area contributed by atoms with Crippen molar-refractivity contribution in [3.05, 3.63) is 39.4 Å². The molecule has 0 unspecified atom stereocenters. The number of carbonyl (C=O) groups excluding carboxylic acids is 1. The highest BCUT2D eigenvalue weighted by Crippen LogP contribution is 2.25. The van der Waals surface area contributed by atoms with Crippen molar-refractivity contribution in [2.24, 2.45) is 0 Å².